The van der Waals surface area contributed by atoms with Crippen LogP contribution >= 0.6 is 15.9 Å². The van der Waals surface area contributed by atoms with Crippen LogP contribution in [-0.2, 0) is 0 Å². The maximum absolute atomic E-state index is 12.5. The summed E-state index contributed by atoms with van der Waals surface area (Å²) in [7, 11) is 0. The highest BCUT2D eigenvalue weighted by Gasteiger charge is 2.12. The van der Waals surface area contributed by atoms with E-state index in [1.54, 1.807) is 30.9 Å². The Bertz CT molecular complexity index is 765. The summed E-state index contributed by atoms with van der Waals surface area (Å²) in [4.78, 5) is 20.6. The van der Waals surface area contributed by atoms with Crippen LogP contribution in [0.2, 0.25) is 0 Å². The minimum Gasteiger partial charge on any atom is -0.289 e. The van der Waals surface area contributed by atoms with Gasteiger partial charge in [0, 0.05) is 45.8 Å². The smallest absolute Gasteiger partial charge is 0.195 e. The summed E-state index contributed by atoms with van der Waals surface area (Å²) >= 11 is 3.33. The van der Waals surface area contributed by atoms with Crippen LogP contribution in [0.15, 0.2) is 59.6 Å². The largest absolute Gasteiger partial charge is 0.289 e. The molecule has 0 aliphatic heterocycles. The normalized spacial score (nSPS) is 10.6. The van der Waals surface area contributed by atoms with Crippen molar-refractivity contribution in [1.29, 1.82) is 0 Å². The monoisotopic (exact) mass is 312 g/mol. The van der Waals surface area contributed by atoms with E-state index < -0.39 is 0 Å². The van der Waals surface area contributed by atoms with Gasteiger partial charge in [0.25, 0.3) is 0 Å². The van der Waals surface area contributed by atoms with Gasteiger partial charge in [0.15, 0.2) is 5.78 Å². The Kier molecular flexibility index (Phi) is 3.09. The number of halogens is 1. The number of nitrogens with zero attached hydrogens (tertiary/aromatic N) is 2. The predicted molar refractivity (Wildman–Crippen MR) is 77.1 cm³/mol. The zero-order chi connectivity index (χ0) is 13.2. The van der Waals surface area contributed by atoms with E-state index >= 15 is 0 Å². The van der Waals surface area contributed by atoms with Crippen molar-refractivity contribution in [2.75, 3.05) is 0 Å². The second kappa shape index (κ2) is 4.90. The van der Waals surface area contributed by atoms with Gasteiger partial charge < -0.3 is 0 Å². The van der Waals surface area contributed by atoms with Crippen LogP contribution in [0, 0.1) is 0 Å². The van der Waals surface area contributed by atoms with Crippen molar-refractivity contribution < 1.29 is 4.79 Å². The number of fused-ring (bicyclic) bond motifs is 1. The van der Waals surface area contributed by atoms with Crippen molar-refractivity contribution in [1.82, 2.24) is 9.97 Å². The van der Waals surface area contributed by atoms with Gasteiger partial charge in [-0.1, -0.05) is 18.2 Å². The molecule has 0 unspecified atom stereocenters. The van der Waals surface area contributed by atoms with Gasteiger partial charge in [-0.25, -0.2) is 0 Å². The van der Waals surface area contributed by atoms with Crippen molar-refractivity contribution >= 4 is 32.5 Å². The summed E-state index contributed by atoms with van der Waals surface area (Å²) in [6.07, 6.45) is 6.68. The minimum atomic E-state index is -0.0365. The van der Waals surface area contributed by atoms with Crippen LogP contribution in [0.25, 0.3) is 10.8 Å². The summed E-state index contributed by atoms with van der Waals surface area (Å²) in [5.41, 5.74) is 1.23. The molecule has 2 heterocycles. The lowest BCUT2D eigenvalue weighted by atomic mass is 9.99. The van der Waals surface area contributed by atoms with E-state index in [2.05, 4.69) is 25.9 Å². The standard InChI is InChI=1S/C15H9BrN2O/c16-12-6-11(8-18-9-12)15(19)14-3-1-2-10-7-17-5-4-13(10)14/h1-9H. The molecule has 0 atom stereocenters. The van der Waals surface area contributed by atoms with E-state index in [1.165, 1.54) is 0 Å². The van der Waals surface area contributed by atoms with E-state index in [-0.39, 0.29) is 5.78 Å². The summed E-state index contributed by atoms with van der Waals surface area (Å²) in [5, 5.41) is 1.86. The lowest BCUT2D eigenvalue weighted by Gasteiger charge is -2.05. The Balaban J connectivity index is 2.17. The fourth-order valence-corrected chi connectivity index (χ4v) is 2.38. The molecular formula is C15H9BrN2O. The molecule has 2 aromatic heterocycles. The van der Waals surface area contributed by atoms with Crippen LogP contribution in [0.4, 0.5) is 0 Å². The molecule has 3 nitrogen and oxygen atoms in total. The molecule has 0 spiro atoms. The first-order chi connectivity index (χ1) is 9.25. The Morgan fingerprint density at radius 1 is 1.05 bits per heavy atom. The SMILES string of the molecule is O=C(c1cncc(Br)c1)c1cccc2cnccc12. The number of carbonyl (C=O) groups is 1. The van der Waals surface area contributed by atoms with Crippen LogP contribution in [0.3, 0.4) is 0 Å². The highest BCUT2D eigenvalue weighted by atomic mass is 79.9. The second-order valence-corrected chi connectivity index (χ2v) is 5.04. The van der Waals surface area contributed by atoms with Crippen molar-refractivity contribution in [2.45, 2.75) is 0 Å². The average Bonchev–Trinajstić information content (AvgIpc) is 2.46. The van der Waals surface area contributed by atoms with Gasteiger partial charge in [-0.15, -0.1) is 0 Å². The highest BCUT2D eigenvalue weighted by molar-refractivity contribution is 9.10. The summed E-state index contributed by atoms with van der Waals surface area (Å²) in [5.74, 6) is -0.0365. The fourth-order valence-electron chi connectivity index (χ4n) is 2.01. The molecule has 0 saturated heterocycles. The van der Waals surface area contributed by atoms with Crippen LogP contribution in [0.1, 0.15) is 15.9 Å². The Morgan fingerprint density at radius 3 is 2.79 bits per heavy atom. The van der Waals surface area contributed by atoms with Crippen molar-refractivity contribution in [2.24, 2.45) is 0 Å². The van der Waals surface area contributed by atoms with Gasteiger partial charge in [-0.05, 0) is 33.4 Å². The topological polar surface area (TPSA) is 42.9 Å². The average molecular weight is 313 g/mol. The van der Waals surface area contributed by atoms with E-state index in [1.807, 2.05) is 24.3 Å². The van der Waals surface area contributed by atoms with Gasteiger partial charge in [-0.3, -0.25) is 14.8 Å². The molecule has 0 aliphatic carbocycles. The molecule has 0 radical (unpaired) electrons. The zero-order valence-electron chi connectivity index (χ0n) is 9.88. The lowest BCUT2D eigenvalue weighted by Crippen LogP contribution is -2.02. The number of pyridine rings is 2. The molecule has 19 heavy (non-hydrogen) atoms. The number of carbonyl (C=O) groups excluding carboxylic acids is 1. The molecule has 0 aliphatic rings. The van der Waals surface area contributed by atoms with Gasteiger partial charge in [0.05, 0.1) is 0 Å². The van der Waals surface area contributed by atoms with Gasteiger partial charge in [-0.2, -0.15) is 0 Å². The third-order valence-corrected chi connectivity index (χ3v) is 3.33. The minimum absolute atomic E-state index is 0.0365. The third-order valence-electron chi connectivity index (χ3n) is 2.89. The van der Waals surface area contributed by atoms with Crippen molar-refractivity contribution in [3.05, 3.63) is 70.7 Å². The predicted octanol–water partition coefficient (Wildman–Crippen LogP) is 3.62. The number of rotatable bonds is 2. The van der Waals surface area contributed by atoms with Crippen LogP contribution in [0.5, 0.6) is 0 Å². The molecule has 0 bridgehead atoms. The van der Waals surface area contributed by atoms with E-state index in [4.69, 9.17) is 0 Å². The van der Waals surface area contributed by atoms with E-state index in [0.717, 1.165) is 15.2 Å². The second-order valence-electron chi connectivity index (χ2n) is 4.12. The van der Waals surface area contributed by atoms with Crippen LogP contribution < -0.4 is 0 Å². The molecule has 4 heteroatoms. The molecule has 1 aromatic carbocycles. The molecule has 3 rings (SSSR count). The third kappa shape index (κ3) is 2.27. The Labute approximate surface area is 118 Å². The molecule has 0 amide bonds. The first-order valence-corrected chi connectivity index (χ1v) is 6.53. The quantitative estimate of drug-likeness (QED) is 0.679. The first-order valence-electron chi connectivity index (χ1n) is 5.74. The van der Waals surface area contributed by atoms with Crippen molar-refractivity contribution in [3.63, 3.8) is 0 Å². The summed E-state index contributed by atoms with van der Waals surface area (Å²) in [6, 6.07) is 9.26. The maximum atomic E-state index is 12.5. The van der Waals surface area contributed by atoms with Gasteiger partial charge >= 0.3 is 0 Å². The molecule has 0 saturated carbocycles. The number of benzene rings is 1. The molecule has 3 aromatic rings. The Hall–Kier alpha value is -2.07. The number of ketones is 1. The molecule has 0 fully saturated rings. The number of aromatic nitrogens is 2. The van der Waals surface area contributed by atoms with Gasteiger partial charge in [0.2, 0.25) is 0 Å². The highest BCUT2D eigenvalue weighted by Crippen LogP contribution is 2.21. The van der Waals surface area contributed by atoms with Crippen LogP contribution in [-0.4, -0.2) is 15.8 Å². The molecular weight excluding hydrogens is 304 g/mol. The Morgan fingerprint density at radius 2 is 1.95 bits per heavy atom. The number of hydrogen-bond donors (Lipinski definition) is 0. The fraction of sp³-hybridized carbons (Fsp3) is 0. The van der Waals surface area contributed by atoms with E-state index in [0.29, 0.717) is 11.1 Å². The van der Waals surface area contributed by atoms with Crippen molar-refractivity contribution in [3.8, 4) is 0 Å². The maximum Gasteiger partial charge on any atom is 0.195 e. The summed E-state index contributed by atoms with van der Waals surface area (Å²) < 4.78 is 0.792. The number of hydrogen-bond acceptors (Lipinski definition) is 3. The molecule has 0 N–H and O–H groups in total. The summed E-state index contributed by atoms with van der Waals surface area (Å²) in [6.45, 7) is 0. The lowest BCUT2D eigenvalue weighted by molar-refractivity contribution is 0.104. The molecule has 92 valence electrons. The van der Waals surface area contributed by atoms with Gasteiger partial charge in [0.1, 0.15) is 0 Å². The van der Waals surface area contributed by atoms with E-state index in [9.17, 15) is 4.79 Å². The zero-order valence-corrected chi connectivity index (χ0v) is 11.5. The first kappa shape index (κ1) is 12.0.